The van der Waals surface area contributed by atoms with Crippen LogP contribution in [0.2, 0.25) is 0 Å². The fourth-order valence-corrected chi connectivity index (χ4v) is 3.18. The van der Waals surface area contributed by atoms with E-state index in [-0.39, 0.29) is 12.5 Å². The summed E-state index contributed by atoms with van der Waals surface area (Å²) in [4.78, 5) is 24.0. The van der Waals surface area contributed by atoms with Crippen LogP contribution in [0.3, 0.4) is 0 Å². The number of amides is 1. The van der Waals surface area contributed by atoms with Gasteiger partial charge in [-0.15, -0.1) is 0 Å². The summed E-state index contributed by atoms with van der Waals surface area (Å²) in [5, 5.41) is 4.72. The molecule has 0 heterocycles. The molecule has 0 aromatic heterocycles. The van der Waals surface area contributed by atoms with Gasteiger partial charge >= 0.3 is 0 Å². The van der Waals surface area contributed by atoms with Crippen LogP contribution in [0.4, 0.5) is 5.69 Å². The number of carbonyl (C=O) groups is 2. The Morgan fingerprint density at radius 3 is 2.59 bits per heavy atom. The average molecular weight is 361 g/mol. The molecule has 0 aliphatic rings. The van der Waals surface area contributed by atoms with Gasteiger partial charge in [-0.3, -0.25) is 9.59 Å². The monoisotopic (exact) mass is 361 g/mol. The predicted molar refractivity (Wildman–Crippen MR) is 109 cm³/mol. The van der Waals surface area contributed by atoms with E-state index >= 15 is 0 Å². The van der Waals surface area contributed by atoms with Crippen molar-refractivity contribution >= 4 is 28.7 Å². The molecule has 0 aliphatic heterocycles. The van der Waals surface area contributed by atoms with Crippen molar-refractivity contribution < 1.29 is 14.3 Å². The van der Waals surface area contributed by atoms with Crippen LogP contribution in [0.15, 0.2) is 54.6 Å². The highest BCUT2D eigenvalue weighted by atomic mass is 16.5. The number of anilines is 1. The number of benzene rings is 3. The molecule has 0 radical (unpaired) electrons. The van der Waals surface area contributed by atoms with E-state index in [1.807, 2.05) is 55.5 Å². The Morgan fingerprint density at radius 1 is 1.07 bits per heavy atom. The predicted octanol–water partition coefficient (Wildman–Crippen LogP) is 5.10. The molecule has 0 spiro atoms. The molecule has 27 heavy (non-hydrogen) atoms. The van der Waals surface area contributed by atoms with Gasteiger partial charge in [0.1, 0.15) is 5.75 Å². The zero-order chi connectivity index (χ0) is 19.4. The quantitative estimate of drug-likeness (QED) is 0.621. The van der Waals surface area contributed by atoms with E-state index < -0.39 is 0 Å². The molecule has 3 aromatic carbocycles. The van der Waals surface area contributed by atoms with E-state index in [9.17, 15) is 9.59 Å². The van der Waals surface area contributed by atoms with Gasteiger partial charge in [0.25, 0.3) is 5.91 Å². The molecule has 4 nitrogen and oxygen atoms in total. The molecule has 0 fully saturated rings. The molecule has 0 saturated carbocycles. The average Bonchev–Trinajstić information content (AvgIpc) is 2.67. The van der Waals surface area contributed by atoms with Gasteiger partial charge in [-0.25, -0.2) is 0 Å². The summed E-state index contributed by atoms with van der Waals surface area (Å²) in [5.41, 5.74) is 3.38. The zero-order valence-corrected chi connectivity index (χ0v) is 15.8. The first-order valence-electron chi connectivity index (χ1n) is 9.00. The molecule has 0 bridgehead atoms. The van der Waals surface area contributed by atoms with Crippen LogP contribution < -0.4 is 10.1 Å². The molecular weight excluding hydrogens is 338 g/mol. The van der Waals surface area contributed by atoms with Crippen molar-refractivity contribution in [3.8, 4) is 5.75 Å². The summed E-state index contributed by atoms with van der Waals surface area (Å²) >= 11 is 0. The second kappa shape index (κ2) is 8.04. The largest absolute Gasteiger partial charge is 0.483 e. The minimum absolute atomic E-state index is 0.162. The van der Waals surface area contributed by atoms with Gasteiger partial charge in [-0.2, -0.15) is 0 Å². The highest BCUT2D eigenvalue weighted by Gasteiger charge is 2.14. The van der Waals surface area contributed by atoms with E-state index in [0.717, 1.165) is 33.9 Å². The van der Waals surface area contributed by atoms with Crippen molar-refractivity contribution in [3.63, 3.8) is 0 Å². The van der Waals surface area contributed by atoms with Crippen molar-refractivity contribution in [2.75, 3.05) is 11.9 Å². The summed E-state index contributed by atoms with van der Waals surface area (Å²) < 4.78 is 5.67. The molecule has 1 N–H and O–H groups in total. The van der Waals surface area contributed by atoms with Crippen LogP contribution in [0.5, 0.6) is 5.75 Å². The first-order chi connectivity index (χ1) is 13.0. The lowest BCUT2D eigenvalue weighted by atomic mass is 9.98. The number of nitrogens with one attached hydrogen (secondary N) is 1. The standard InChI is InChI=1S/C23H23NO3/c1-15(2)18-10-6-7-16(3)23(18)24-22(26)14-27-21-12-11-17-8-4-5-9-19(17)20(21)13-25/h4-13,15H,14H2,1-3H3,(H,24,26). The second-order valence-electron chi connectivity index (χ2n) is 6.85. The summed E-state index contributed by atoms with van der Waals surface area (Å²) in [7, 11) is 0. The maximum Gasteiger partial charge on any atom is 0.262 e. The summed E-state index contributed by atoms with van der Waals surface area (Å²) in [6.45, 7) is 5.99. The molecule has 0 saturated heterocycles. The number of rotatable bonds is 6. The summed E-state index contributed by atoms with van der Waals surface area (Å²) in [5.74, 6) is 0.451. The second-order valence-corrected chi connectivity index (χ2v) is 6.85. The SMILES string of the molecule is Cc1cccc(C(C)C)c1NC(=O)COc1ccc2ccccc2c1C=O. The first-order valence-corrected chi connectivity index (χ1v) is 9.00. The molecule has 3 rings (SSSR count). The van der Waals surface area contributed by atoms with Gasteiger partial charge < -0.3 is 10.1 Å². The third-order valence-corrected chi connectivity index (χ3v) is 4.60. The minimum atomic E-state index is -0.254. The fraction of sp³-hybridized carbons (Fsp3) is 0.217. The van der Waals surface area contributed by atoms with Crippen molar-refractivity contribution in [3.05, 3.63) is 71.3 Å². The van der Waals surface area contributed by atoms with E-state index in [2.05, 4.69) is 19.2 Å². The van der Waals surface area contributed by atoms with Crippen LogP contribution in [0, 0.1) is 6.92 Å². The maximum absolute atomic E-state index is 12.5. The maximum atomic E-state index is 12.5. The van der Waals surface area contributed by atoms with Crippen molar-refractivity contribution in [2.24, 2.45) is 0 Å². The van der Waals surface area contributed by atoms with Crippen LogP contribution >= 0.6 is 0 Å². The number of hydrogen-bond donors (Lipinski definition) is 1. The number of para-hydroxylation sites is 1. The third-order valence-electron chi connectivity index (χ3n) is 4.60. The van der Waals surface area contributed by atoms with E-state index in [1.54, 1.807) is 6.07 Å². The van der Waals surface area contributed by atoms with Crippen molar-refractivity contribution in [2.45, 2.75) is 26.7 Å². The van der Waals surface area contributed by atoms with Crippen LogP contribution in [-0.2, 0) is 4.79 Å². The van der Waals surface area contributed by atoms with Gasteiger partial charge in [0, 0.05) is 5.69 Å². The fourth-order valence-electron chi connectivity index (χ4n) is 3.18. The summed E-state index contributed by atoms with van der Waals surface area (Å²) in [6, 6.07) is 17.2. The minimum Gasteiger partial charge on any atom is -0.483 e. The Labute approximate surface area is 159 Å². The number of carbonyl (C=O) groups excluding carboxylic acids is 2. The highest BCUT2D eigenvalue weighted by molar-refractivity contribution is 6.01. The number of ether oxygens (including phenoxy) is 1. The topological polar surface area (TPSA) is 55.4 Å². The molecule has 0 aliphatic carbocycles. The van der Waals surface area contributed by atoms with Crippen molar-refractivity contribution in [1.29, 1.82) is 0 Å². The Kier molecular flexibility index (Phi) is 5.55. The van der Waals surface area contributed by atoms with Crippen LogP contribution in [0.25, 0.3) is 10.8 Å². The Hall–Kier alpha value is -3.14. The van der Waals surface area contributed by atoms with Gasteiger partial charge in [0.05, 0.1) is 5.56 Å². The van der Waals surface area contributed by atoms with Gasteiger partial charge in [0.2, 0.25) is 0 Å². The van der Waals surface area contributed by atoms with Crippen LogP contribution in [0.1, 0.15) is 41.3 Å². The van der Waals surface area contributed by atoms with Gasteiger partial charge in [-0.05, 0) is 40.8 Å². The summed E-state index contributed by atoms with van der Waals surface area (Å²) in [6.07, 6.45) is 0.772. The molecule has 4 heteroatoms. The highest BCUT2D eigenvalue weighted by Crippen LogP contribution is 2.28. The normalized spacial score (nSPS) is 10.8. The molecule has 138 valence electrons. The van der Waals surface area contributed by atoms with Gasteiger partial charge in [0.15, 0.2) is 12.9 Å². The first kappa shape index (κ1) is 18.6. The molecule has 0 atom stereocenters. The smallest absolute Gasteiger partial charge is 0.262 e. The molecule has 0 unspecified atom stereocenters. The number of hydrogen-bond acceptors (Lipinski definition) is 3. The lowest BCUT2D eigenvalue weighted by Gasteiger charge is -2.17. The molecule has 1 amide bonds. The van der Waals surface area contributed by atoms with Gasteiger partial charge in [-0.1, -0.05) is 62.4 Å². The third kappa shape index (κ3) is 4.00. The number of aryl methyl sites for hydroxylation is 1. The Bertz CT molecular complexity index is 992. The number of fused-ring (bicyclic) bond motifs is 1. The van der Waals surface area contributed by atoms with Crippen molar-refractivity contribution in [1.82, 2.24) is 0 Å². The molecular formula is C23H23NO3. The van der Waals surface area contributed by atoms with Crippen LogP contribution in [-0.4, -0.2) is 18.8 Å². The molecule has 3 aromatic rings. The van der Waals surface area contributed by atoms with E-state index in [4.69, 9.17) is 4.74 Å². The Balaban J connectivity index is 1.77. The van der Waals surface area contributed by atoms with E-state index in [1.165, 1.54) is 0 Å². The lowest BCUT2D eigenvalue weighted by Crippen LogP contribution is -2.22. The zero-order valence-electron chi connectivity index (χ0n) is 15.8. The number of aldehydes is 1. The lowest BCUT2D eigenvalue weighted by molar-refractivity contribution is -0.118. The van der Waals surface area contributed by atoms with E-state index in [0.29, 0.717) is 17.2 Å². The Morgan fingerprint density at radius 2 is 1.85 bits per heavy atom.